The van der Waals surface area contributed by atoms with Gasteiger partial charge in [-0.3, -0.25) is 4.79 Å². The van der Waals surface area contributed by atoms with Gasteiger partial charge in [0.05, 0.1) is 0 Å². The van der Waals surface area contributed by atoms with Gasteiger partial charge in [0.15, 0.2) is 0 Å². The lowest BCUT2D eigenvalue weighted by Crippen LogP contribution is -2.19. The topological polar surface area (TPSA) is 17.1 Å². The fourth-order valence-corrected chi connectivity index (χ4v) is 2.63. The summed E-state index contributed by atoms with van der Waals surface area (Å²) >= 11 is 5.90. The Labute approximate surface area is 102 Å². The smallest absolute Gasteiger partial charge is 0.140 e. The molecule has 0 bridgehead atoms. The number of ketones is 1. The minimum atomic E-state index is 0.299. The van der Waals surface area contributed by atoms with E-state index in [0.717, 1.165) is 18.4 Å². The van der Waals surface area contributed by atoms with Crippen molar-refractivity contribution in [1.29, 1.82) is 0 Å². The lowest BCUT2D eigenvalue weighted by Gasteiger charge is -2.20. The molecule has 0 aromatic heterocycles. The van der Waals surface area contributed by atoms with Crippen LogP contribution in [0.25, 0.3) is 0 Å². The predicted molar refractivity (Wildman–Crippen MR) is 66.7 cm³/mol. The second-order valence-corrected chi connectivity index (χ2v) is 5.04. The summed E-state index contributed by atoms with van der Waals surface area (Å²) in [5.41, 5.74) is 1.04. The van der Waals surface area contributed by atoms with Crippen molar-refractivity contribution in [2.75, 3.05) is 0 Å². The summed E-state index contributed by atoms with van der Waals surface area (Å²) in [6.45, 7) is 0. The molecule has 16 heavy (non-hydrogen) atoms. The summed E-state index contributed by atoms with van der Waals surface area (Å²) < 4.78 is 0. The normalized spacial score (nSPS) is 17.3. The maximum atomic E-state index is 12.0. The van der Waals surface area contributed by atoms with Crippen molar-refractivity contribution in [3.63, 3.8) is 0 Å². The van der Waals surface area contributed by atoms with Crippen LogP contribution in [-0.4, -0.2) is 5.78 Å². The first-order chi connectivity index (χ1) is 7.75. The Morgan fingerprint density at radius 2 is 2.00 bits per heavy atom. The van der Waals surface area contributed by atoms with Crippen LogP contribution in [0.1, 0.15) is 37.7 Å². The standard InChI is InChI=1S/C14H17ClO/c15-13-8-4-5-11(9-13)10-14(16)12-6-2-1-3-7-12/h4-5,8-9,12H,1-3,6-7,10H2. The second kappa shape index (κ2) is 5.49. The fraction of sp³-hybridized carbons (Fsp3) is 0.500. The third-order valence-electron chi connectivity index (χ3n) is 3.33. The van der Waals surface area contributed by atoms with Crippen molar-refractivity contribution in [3.8, 4) is 0 Å². The van der Waals surface area contributed by atoms with Crippen LogP contribution in [-0.2, 0) is 11.2 Å². The Morgan fingerprint density at radius 3 is 2.69 bits per heavy atom. The van der Waals surface area contributed by atoms with E-state index >= 15 is 0 Å². The molecule has 0 saturated heterocycles. The molecule has 0 aliphatic heterocycles. The van der Waals surface area contributed by atoms with Crippen LogP contribution in [0, 0.1) is 5.92 Å². The first-order valence-electron chi connectivity index (χ1n) is 6.03. The first-order valence-corrected chi connectivity index (χ1v) is 6.40. The van der Waals surface area contributed by atoms with Gasteiger partial charge in [0, 0.05) is 17.4 Å². The molecule has 1 saturated carbocycles. The zero-order valence-corrected chi connectivity index (χ0v) is 10.2. The summed E-state index contributed by atoms with van der Waals surface area (Å²) in [5, 5.41) is 0.717. The van der Waals surface area contributed by atoms with Gasteiger partial charge in [0.25, 0.3) is 0 Å². The van der Waals surface area contributed by atoms with Gasteiger partial charge in [-0.25, -0.2) is 0 Å². The van der Waals surface area contributed by atoms with E-state index < -0.39 is 0 Å². The number of carbonyl (C=O) groups is 1. The van der Waals surface area contributed by atoms with Crippen molar-refractivity contribution >= 4 is 17.4 Å². The molecular formula is C14H17ClO. The van der Waals surface area contributed by atoms with E-state index in [4.69, 9.17) is 11.6 Å². The molecule has 1 fully saturated rings. The highest BCUT2D eigenvalue weighted by Gasteiger charge is 2.20. The molecule has 0 spiro atoms. The van der Waals surface area contributed by atoms with Gasteiger partial charge in [0.2, 0.25) is 0 Å². The molecule has 0 unspecified atom stereocenters. The third-order valence-corrected chi connectivity index (χ3v) is 3.56. The van der Waals surface area contributed by atoms with Gasteiger partial charge in [-0.15, -0.1) is 0 Å². The Bertz CT molecular complexity index is 367. The summed E-state index contributed by atoms with van der Waals surface area (Å²) in [5.74, 6) is 0.690. The maximum absolute atomic E-state index is 12.0. The summed E-state index contributed by atoms with van der Waals surface area (Å²) in [4.78, 5) is 12.0. The average molecular weight is 237 g/mol. The van der Waals surface area contributed by atoms with E-state index in [1.54, 1.807) is 0 Å². The maximum Gasteiger partial charge on any atom is 0.140 e. The Kier molecular flexibility index (Phi) is 4.00. The third kappa shape index (κ3) is 3.08. The van der Waals surface area contributed by atoms with Crippen molar-refractivity contribution in [2.24, 2.45) is 5.92 Å². The van der Waals surface area contributed by atoms with Crippen molar-refractivity contribution < 1.29 is 4.79 Å². The van der Waals surface area contributed by atoms with Crippen molar-refractivity contribution in [3.05, 3.63) is 34.9 Å². The SMILES string of the molecule is O=C(Cc1cccc(Cl)c1)C1CCCCC1. The summed E-state index contributed by atoms with van der Waals surface area (Å²) in [7, 11) is 0. The monoisotopic (exact) mass is 236 g/mol. The van der Waals surface area contributed by atoms with E-state index in [1.807, 2.05) is 24.3 Å². The highest BCUT2D eigenvalue weighted by Crippen LogP contribution is 2.25. The number of hydrogen-bond donors (Lipinski definition) is 0. The van der Waals surface area contributed by atoms with Gasteiger partial charge in [-0.05, 0) is 30.5 Å². The largest absolute Gasteiger partial charge is 0.299 e. The van der Waals surface area contributed by atoms with Crippen LogP contribution >= 0.6 is 11.6 Å². The Hall–Kier alpha value is -0.820. The number of hydrogen-bond acceptors (Lipinski definition) is 1. The number of benzene rings is 1. The van der Waals surface area contributed by atoms with E-state index in [2.05, 4.69) is 0 Å². The number of halogens is 1. The van der Waals surface area contributed by atoms with Gasteiger partial charge in [0.1, 0.15) is 5.78 Å². The molecule has 1 aliphatic carbocycles. The average Bonchev–Trinajstić information content (AvgIpc) is 2.30. The molecule has 1 aliphatic rings. The Balaban J connectivity index is 1.96. The van der Waals surface area contributed by atoms with E-state index in [0.29, 0.717) is 23.1 Å². The first kappa shape index (κ1) is 11.7. The highest BCUT2D eigenvalue weighted by atomic mass is 35.5. The van der Waals surface area contributed by atoms with Crippen LogP contribution in [0.3, 0.4) is 0 Å². The molecule has 2 rings (SSSR count). The second-order valence-electron chi connectivity index (χ2n) is 4.61. The number of rotatable bonds is 3. The molecule has 0 atom stereocenters. The zero-order chi connectivity index (χ0) is 11.4. The van der Waals surface area contributed by atoms with Crippen LogP contribution in [0.4, 0.5) is 0 Å². The summed E-state index contributed by atoms with van der Waals surface area (Å²) in [6.07, 6.45) is 6.43. The van der Waals surface area contributed by atoms with Crippen molar-refractivity contribution in [1.82, 2.24) is 0 Å². The van der Waals surface area contributed by atoms with E-state index in [9.17, 15) is 4.79 Å². The minimum absolute atomic E-state index is 0.299. The van der Waals surface area contributed by atoms with Crippen LogP contribution < -0.4 is 0 Å². The molecule has 0 amide bonds. The molecule has 0 radical (unpaired) electrons. The van der Waals surface area contributed by atoms with Gasteiger partial charge < -0.3 is 0 Å². The lowest BCUT2D eigenvalue weighted by molar-refractivity contribution is -0.123. The Morgan fingerprint density at radius 1 is 1.25 bits per heavy atom. The zero-order valence-electron chi connectivity index (χ0n) is 9.42. The highest BCUT2D eigenvalue weighted by molar-refractivity contribution is 6.30. The molecular weight excluding hydrogens is 220 g/mol. The minimum Gasteiger partial charge on any atom is -0.299 e. The molecule has 0 heterocycles. The van der Waals surface area contributed by atoms with Gasteiger partial charge >= 0.3 is 0 Å². The molecule has 0 N–H and O–H groups in total. The predicted octanol–water partition coefficient (Wildman–Crippen LogP) is 4.03. The summed E-state index contributed by atoms with van der Waals surface area (Å²) in [6, 6.07) is 7.62. The van der Waals surface area contributed by atoms with Crippen LogP contribution in [0.5, 0.6) is 0 Å². The van der Waals surface area contributed by atoms with E-state index in [-0.39, 0.29) is 0 Å². The fourth-order valence-electron chi connectivity index (χ4n) is 2.42. The van der Waals surface area contributed by atoms with Crippen LogP contribution in [0.15, 0.2) is 24.3 Å². The molecule has 1 nitrogen and oxygen atoms in total. The van der Waals surface area contributed by atoms with Gasteiger partial charge in [-0.2, -0.15) is 0 Å². The molecule has 86 valence electrons. The lowest BCUT2D eigenvalue weighted by atomic mass is 9.84. The van der Waals surface area contributed by atoms with E-state index in [1.165, 1.54) is 19.3 Å². The quantitative estimate of drug-likeness (QED) is 0.775. The molecule has 1 aromatic carbocycles. The number of Topliss-reactive ketones (excluding diaryl/α,β-unsaturated/α-hetero) is 1. The van der Waals surface area contributed by atoms with Crippen molar-refractivity contribution in [2.45, 2.75) is 38.5 Å². The number of carbonyl (C=O) groups excluding carboxylic acids is 1. The van der Waals surface area contributed by atoms with Crippen LogP contribution in [0.2, 0.25) is 5.02 Å². The molecule has 1 aromatic rings. The van der Waals surface area contributed by atoms with Gasteiger partial charge in [-0.1, -0.05) is 43.0 Å². The molecule has 2 heteroatoms.